The Hall–Kier alpha value is -0.290. The van der Waals surface area contributed by atoms with Crippen LogP contribution in [0.3, 0.4) is 0 Å². The van der Waals surface area contributed by atoms with Crippen LogP contribution in [-0.2, 0) is 0 Å². The van der Waals surface area contributed by atoms with E-state index in [-0.39, 0.29) is 12.6 Å². The Kier molecular flexibility index (Phi) is 6.20. The molecule has 2 nitrogen and oxygen atoms in total. The van der Waals surface area contributed by atoms with Crippen molar-refractivity contribution in [3.8, 4) is 0 Å². The Morgan fingerprint density at radius 2 is 1.80 bits per heavy atom. The predicted octanol–water partition coefficient (Wildman–Crippen LogP) is 2.24. The van der Waals surface area contributed by atoms with Crippen molar-refractivity contribution < 1.29 is 13.2 Å². The zero-order valence-electron chi connectivity index (χ0n) is 9.64. The van der Waals surface area contributed by atoms with E-state index in [2.05, 4.69) is 13.8 Å². The number of likely N-dealkylation sites (N-methyl/N-ethyl adjacent to an activating group) is 1. The minimum absolute atomic E-state index is 0.0231. The number of hydrogen-bond donors (Lipinski definition) is 1. The number of nitrogens with zero attached hydrogens (tertiary/aromatic N) is 1. The van der Waals surface area contributed by atoms with Crippen molar-refractivity contribution in [3.05, 3.63) is 0 Å². The van der Waals surface area contributed by atoms with Gasteiger partial charge in [0.15, 0.2) is 0 Å². The first-order chi connectivity index (χ1) is 6.70. The van der Waals surface area contributed by atoms with Crippen molar-refractivity contribution in [2.24, 2.45) is 11.7 Å². The van der Waals surface area contributed by atoms with Crippen molar-refractivity contribution in [1.29, 1.82) is 0 Å². The van der Waals surface area contributed by atoms with Gasteiger partial charge in [-0.25, -0.2) is 0 Å². The molecule has 15 heavy (non-hydrogen) atoms. The van der Waals surface area contributed by atoms with E-state index in [9.17, 15) is 13.2 Å². The molecule has 0 heterocycles. The topological polar surface area (TPSA) is 29.3 Å². The fourth-order valence-electron chi connectivity index (χ4n) is 1.49. The van der Waals surface area contributed by atoms with Gasteiger partial charge in [-0.1, -0.05) is 13.8 Å². The molecule has 0 saturated carbocycles. The van der Waals surface area contributed by atoms with E-state index in [0.717, 1.165) is 6.42 Å². The fraction of sp³-hybridized carbons (Fsp3) is 1.00. The van der Waals surface area contributed by atoms with Gasteiger partial charge in [0.2, 0.25) is 0 Å². The summed E-state index contributed by atoms with van der Waals surface area (Å²) in [7, 11) is 1.67. The molecule has 0 radical (unpaired) electrons. The molecule has 0 aliphatic carbocycles. The molecule has 0 bridgehead atoms. The summed E-state index contributed by atoms with van der Waals surface area (Å²) in [6.45, 7) is 4.65. The molecule has 0 amide bonds. The third-order valence-corrected chi connectivity index (χ3v) is 2.10. The number of nitrogens with two attached hydrogens (primary N) is 1. The predicted molar refractivity (Wildman–Crippen MR) is 55.6 cm³/mol. The molecular formula is C10H21F3N2. The molecule has 1 unspecified atom stereocenters. The maximum absolute atomic E-state index is 11.9. The van der Waals surface area contributed by atoms with Crippen LogP contribution in [0.1, 0.15) is 26.7 Å². The lowest BCUT2D eigenvalue weighted by atomic mass is 10.0. The van der Waals surface area contributed by atoms with E-state index >= 15 is 0 Å². The van der Waals surface area contributed by atoms with E-state index in [0.29, 0.717) is 12.5 Å². The van der Waals surface area contributed by atoms with Crippen molar-refractivity contribution in [3.63, 3.8) is 0 Å². The highest BCUT2D eigenvalue weighted by molar-refractivity contribution is 4.68. The molecule has 5 heteroatoms. The Labute approximate surface area is 89.6 Å². The summed E-state index contributed by atoms with van der Waals surface area (Å²) < 4.78 is 35.7. The second-order valence-corrected chi connectivity index (χ2v) is 4.52. The third-order valence-electron chi connectivity index (χ3n) is 2.10. The van der Waals surface area contributed by atoms with Crippen LogP contribution in [0.25, 0.3) is 0 Å². The molecule has 0 fully saturated rings. The Bertz CT molecular complexity index is 169. The normalized spacial score (nSPS) is 15.0. The van der Waals surface area contributed by atoms with Crippen LogP contribution in [0.2, 0.25) is 0 Å². The average Bonchev–Trinajstić information content (AvgIpc) is 1.97. The van der Waals surface area contributed by atoms with E-state index < -0.39 is 12.6 Å². The fourth-order valence-corrected chi connectivity index (χ4v) is 1.49. The second kappa shape index (κ2) is 6.33. The summed E-state index contributed by atoms with van der Waals surface area (Å²) in [6.07, 6.45) is -4.00. The number of rotatable bonds is 6. The third kappa shape index (κ3) is 10.0. The lowest BCUT2D eigenvalue weighted by Gasteiger charge is -2.22. The average molecular weight is 226 g/mol. The van der Waals surface area contributed by atoms with Gasteiger partial charge in [0.1, 0.15) is 0 Å². The smallest absolute Gasteiger partial charge is 0.327 e. The molecule has 0 aromatic rings. The molecule has 1 atom stereocenters. The van der Waals surface area contributed by atoms with Crippen molar-refractivity contribution in [1.82, 2.24) is 4.90 Å². The summed E-state index contributed by atoms with van der Waals surface area (Å²) >= 11 is 0. The highest BCUT2D eigenvalue weighted by Gasteiger charge is 2.27. The van der Waals surface area contributed by atoms with Crippen LogP contribution in [0, 0.1) is 5.92 Å². The van der Waals surface area contributed by atoms with Gasteiger partial charge in [-0.2, -0.15) is 13.2 Å². The zero-order chi connectivity index (χ0) is 12.1. The highest BCUT2D eigenvalue weighted by atomic mass is 19.4. The van der Waals surface area contributed by atoms with Crippen LogP contribution in [0.5, 0.6) is 0 Å². The van der Waals surface area contributed by atoms with Crippen LogP contribution < -0.4 is 5.73 Å². The van der Waals surface area contributed by atoms with Crippen LogP contribution in [-0.4, -0.2) is 37.3 Å². The zero-order valence-corrected chi connectivity index (χ0v) is 9.64. The van der Waals surface area contributed by atoms with E-state index in [4.69, 9.17) is 5.73 Å². The van der Waals surface area contributed by atoms with Gasteiger partial charge in [0.05, 0.1) is 6.42 Å². The summed E-state index contributed by atoms with van der Waals surface area (Å²) in [5.74, 6) is 0.482. The molecule has 0 aliphatic heterocycles. The second-order valence-electron chi connectivity index (χ2n) is 4.52. The van der Waals surface area contributed by atoms with Gasteiger partial charge < -0.3 is 10.6 Å². The Balaban J connectivity index is 3.69. The van der Waals surface area contributed by atoms with Crippen LogP contribution in [0.4, 0.5) is 13.2 Å². The van der Waals surface area contributed by atoms with Gasteiger partial charge in [-0.3, -0.25) is 0 Å². The first-order valence-electron chi connectivity index (χ1n) is 5.21. The Morgan fingerprint density at radius 3 is 2.20 bits per heavy atom. The molecule has 92 valence electrons. The molecule has 0 aliphatic rings. The summed E-state index contributed by atoms with van der Waals surface area (Å²) in [5.41, 5.74) is 5.79. The SMILES string of the molecule is CC(C)CC(N)CN(C)CCC(F)(F)F. The Morgan fingerprint density at radius 1 is 1.27 bits per heavy atom. The number of hydrogen-bond acceptors (Lipinski definition) is 2. The van der Waals surface area contributed by atoms with E-state index in [1.807, 2.05) is 0 Å². The van der Waals surface area contributed by atoms with Gasteiger partial charge in [-0.05, 0) is 19.4 Å². The van der Waals surface area contributed by atoms with E-state index in [1.165, 1.54) is 0 Å². The highest BCUT2D eigenvalue weighted by Crippen LogP contribution is 2.19. The molecule has 2 N–H and O–H groups in total. The van der Waals surface area contributed by atoms with Gasteiger partial charge in [-0.15, -0.1) is 0 Å². The van der Waals surface area contributed by atoms with Crippen LogP contribution >= 0.6 is 0 Å². The first kappa shape index (κ1) is 14.7. The van der Waals surface area contributed by atoms with Gasteiger partial charge in [0.25, 0.3) is 0 Å². The quantitative estimate of drug-likeness (QED) is 0.752. The number of halogens is 3. The van der Waals surface area contributed by atoms with Crippen molar-refractivity contribution in [2.75, 3.05) is 20.1 Å². The maximum Gasteiger partial charge on any atom is 0.390 e. The molecule has 0 rings (SSSR count). The molecule has 0 aromatic heterocycles. The lowest BCUT2D eigenvalue weighted by molar-refractivity contribution is -0.137. The van der Waals surface area contributed by atoms with Gasteiger partial charge in [0, 0.05) is 19.1 Å². The van der Waals surface area contributed by atoms with Gasteiger partial charge >= 0.3 is 6.18 Å². The van der Waals surface area contributed by atoms with Crippen molar-refractivity contribution in [2.45, 2.75) is 38.9 Å². The summed E-state index contributed by atoms with van der Waals surface area (Å²) in [5, 5.41) is 0. The summed E-state index contributed by atoms with van der Waals surface area (Å²) in [4.78, 5) is 1.64. The minimum atomic E-state index is -4.07. The maximum atomic E-state index is 11.9. The monoisotopic (exact) mass is 226 g/mol. The largest absolute Gasteiger partial charge is 0.390 e. The number of alkyl halides is 3. The molecule has 0 spiro atoms. The molecular weight excluding hydrogens is 205 g/mol. The summed E-state index contributed by atoms with van der Waals surface area (Å²) in [6, 6.07) is -0.0387. The lowest BCUT2D eigenvalue weighted by Crippen LogP contribution is -2.37. The van der Waals surface area contributed by atoms with E-state index in [1.54, 1.807) is 11.9 Å². The van der Waals surface area contributed by atoms with Crippen molar-refractivity contribution >= 4 is 0 Å². The first-order valence-corrected chi connectivity index (χ1v) is 5.21. The standard InChI is InChI=1S/C10H21F3N2/c1-8(2)6-9(14)7-15(3)5-4-10(11,12)13/h8-9H,4-7,14H2,1-3H3. The molecule has 0 aromatic carbocycles. The van der Waals surface area contributed by atoms with Crippen LogP contribution in [0.15, 0.2) is 0 Å². The minimum Gasteiger partial charge on any atom is -0.327 e. The molecule has 0 saturated heterocycles.